The van der Waals surface area contributed by atoms with Crippen LogP contribution in [0.1, 0.15) is 16.7 Å². The average Bonchev–Trinajstić information content (AvgIpc) is 3.54. The molecule has 3 heterocycles. The van der Waals surface area contributed by atoms with E-state index in [0.29, 0.717) is 16.8 Å². The minimum Gasteiger partial charge on any atom is -0.424 e. The quantitative estimate of drug-likeness (QED) is 0.181. The number of fused-ring (bicyclic) bond motifs is 1. The Kier molecular flexibility index (Phi) is 8.31. The van der Waals surface area contributed by atoms with Crippen LogP contribution in [0.2, 0.25) is 0 Å². The molecule has 0 bridgehead atoms. The molecule has 5 rings (SSSR count). The molecule has 2 aromatic carbocycles. The van der Waals surface area contributed by atoms with Crippen molar-refractivity contribution in [3.8, 4) is 0 Å². The molecular weight excluding hydrogens is 556 g/mol. The molecule has 0 radical (unpaired) electrons. The lowest BCUT2D eigenvalue weighted by molar-refractivity contribution is 0.115. The summed E-state index contributed by atoms with van der Waals surface area (Å²) in [5.74, 6) is -0.148. The fourth-order valence-corrected chi connectivity index (χ4v) is 5.15. The molecule has 214 valence electrons. The fourth-order valence-electron chi connectivity index (χ4n) is 3.91. The van der Waals surface area contributed by atoms with E-state index in [2.05, 4.69) is 21.5 Å². The van der Waals surface area contributed by atoms with E-state index in [-0.39, 0.29) is 55.3 Å². The second-order valence-electron chi connectivity index (χ2n) is 9.03. The van der Waals surface area contributed by atoms with Crippen LogP contribution in [0.5, 0.6) is 0 Å². The van der Waals surface area contributed by atoms with E-state index in [0.717, 1.165) is 5.56 Å². The van der Waals surface area contributed by atoms with E-state index in [9.17, 15) is 13.8 Å². The molecule has 1 unspecified atom stereocenters. The molecule has 0 amide bonds. The van der Waals surface area contributed by atoms with Gasteiger partial charge in [-0.05, 0) is 30.7 Å². The molecule has 1 aliphatic heterocycles. The van der Waals surface area contributed by atoms with Gasteiger partial charge in [0.1, 0.15) is 18.8 Å². The molecule has 0 aliphatic carbocycles. The molecular formula is C27H27FN5O7P. The van der Waals surface area contributed by atoms with Crippen molar-refractivity contribution in [3.63, 3.8) is 0 Å². The van der Waals surface area contributed by atoms with Crippen molar-refractivity contribution in [1.29, 1.82) is 0 Å². The monoisotopic (exact) mass is 583 g/mol. The lowest BCUT2D eigenvalue weighted by Crippen LogP contribution is -2.13. The Balaban J connectivity index is 1.29. The van der Waals surface area contributed by atoms with Gasteiger partial charge in [-0.1, -0.05) is 42.5 Å². The third-order valence-electron chi connectivity index (χ3n) is 6.02. The van der Waals surface area contributed by atoms with Gasteiger partial charge in [-0.2, -0.15) is 4.98 Å². The number of nitrogens with two attached hydrogens (primary N) is 1. The van der Waals surface area contributed by atoms with Crippen LogP contribution in [0.15, 0.2) is 77.9 Å². The van der Waals surface area contributed by atoms with Gasteiger partial charge in [-0.3, -0.25) is 18.9 Å². The largest absolute Gasteiger partial charge is 0.424 e. The minimum atomic E-state index is -3.87. The second kappa shape index (κ2) is 12.1. The van der Waals surface area contributed by atoms with Crippen LogP contribution >= 0.6 is 7.60 Å². The minimum absolute atomic E-state index is 0.00124. The maximum Gasteiger partial charge on any atom is 0.356 e. The van der Waals surface area contributed by atoms with Crippen molar-refractivity contribution in [2.45, 2.75) is 20.1 Å². The van der Waals surface area contributed by atoms with E-state index >= 15 is 0 Å². The molecule has 1 aliphatic rings. The van der Waals surface area contributed by atoms with Crippen LogP contribution in [0.4, 0.5) is 10.3 Å². The van der Waals surface area contributed by atoms with Gasteiger partial charge < -0.3 is 29.0 Å². The number of hydrogen-bond acceptors (Lipinski definition) is 10. The van der Waals surface area contributed by atoms with Crippen LogP contribution < -0.4 is 11.3 Å². The lowest BCUT2D eigenvalue weighted by atomic mass is 10.1. The van der Waals surface area contributed by atoms with Gasteiger partial charge in [0.2, 0.25) is 5.95 Å². The summed E-state index contributed by atoms with van der Waals surface area (Å²) in [5.41, 5.74) is 7.27. The number of nitrogens with zero attached hydrogens (tertiary/aromatic N) is 3. The summed E-state index contributed by atoms with van der Waals surface area (Å²) in [4.78, 5) is 22.6. The molecule has 1 atom stereocenters. The third kappa shape index (κ3) is 6.72. The number of rotatable bonds is 12. The molecule has 41 heavy (non-hydrogen) atoms. The smallest absolute Gasteiger partial charge is 0.356 e. The highest BCUT2D eigenvalue weighted by atomic mass is 31.2. The third-order valence-corrected chi connectivity index (χ3v) is 7.57. The van der Waals surface area contributed by atoms with Crippen molar-refractivity contribution in [1.82, 2.24) is 19.5 Å². The number of benzene rings is 2. The molecule has 14 heteroatoms. The molecule has 0 spiro atoms. The van der Waals surface area contributed by atoms with Gasteiger partial charge >= 0.3 is 7.60 Å². The van der Waals surface area contributed by atoms with E-state index in [1.54, 1.807) is 23.6 Å². The normalized spacial score (nSPS) is 14.7. The number of ether oxygens (including phenoxy) is 3. The van der Waals surface area contributed by atoms with Crippen LogP contribution in [-0.2, 0) is 41.0 Å². The summed E-state index contributed by atoms with van der Waals surface area (Å²) in [6.07, 6.45) is 1.04. The van der Waals surface area contributed by atoms with Crippen molar-refractivity contribution in [2.24, 2.45) is 0 Å². The van der Waals surface area contributed by atoms with Crippen molar-refractivity contribution in [3.05, 3.63) is 106 Å². The van der Waals surface area contributed by atoms with Gasteiger partial charge in [-0.15, -0.1) is 0 Å². The summed E-state index contributed by atoms with van der Waals surface area (Å²) in [7, 11) is -3.87. The SMILES string of the molecule is C=C1OC(COP(=O)(COCCn2cnc3c(=O)[nH]c(N)nc32)OCc2ccccc2)=C(c2ccc(C)c(F)c2)O1. The molecule has 4 aromatic rings. The summed E-state index contributed by atoms with van der Waals surface area (Å²) in [6.45, 7) is 5.27. The lowest BCUT2D eigenvalue weighted by Gasteiger charge is -2.19. The Bertz CT molecular complexity index is 1720. The Morgan fingerprint density at radius 3 is 2.71 bits per heavy atom. The number of nitrogens with one attached hydrogen (secondary N) is 1. The van der Waals surface area contributed by atoms with E-state index in [1.807, 2.05) is 30.3 Å². The van der Waals surface area contributed by atoms with Crippen molar-refractivity contribution >= 4 is 30.5 Å². The highest BCUT2D eigenvalue weighted by Crippen LogP contribution is 2.50. The first-order chi connectivity index (χ1) is 19.7. The first-order valence-electron chi connectivity index (χ1n) is 12.5. The number of aryl methyl sites for hydroxylation is 1. The molecule has 0 saturated heterocycles. The van der Waals surface area contributed by atoms with E-state index in [1.165, 1.54) is 12.4 Å². The second-order valence-corrected chi connectivity index (χ2v) is 11.0. The number of aromatic amines is 1. The maximum atomic E-state index is 14.2. The van der Waals surface area contributed by atoms with Crippen molar-refractivity contribution < 1.29 is 32.2 Å². The maximum absolute atomic E-state index is 14.2. The Morgan fingerprint density at radius 2 is 1.93 bits per heavy atom. The van der Waals surface area contributed by atoms with Gasteiger partial charge in [0.15, 0.2) is 22.7 Å². The fraction of sp³-hybridized carbons (Fsp3) is 0.222. The summed E-state index contributed by atoms with van der Waals surface area (Å²) in [6, 6.07) is 13.7. The van der Waals surface area contributed by atoms with Gasteiger partial charge in [0.25, 0.3) is 11.5 Å². The first kappa shape index (κ1) is 28.2. The van der Waals surface area contributed by atoms with Gasteiger partial charge in [0.05, 0.1) is 19.5 Å². The zero-order chi connectivity index (χ0) is 29.0. The summed E-state index contributed by atoms with van der Waals surface area (Å²) >= 11 is 0. The van der Waals surface area contributed by atoms with Crippen LogP contribution in [0, 0.1) is 12.7 Å². The first-order valence-corrected chi connectivity index (χ1v) is 14.2. The zero-order valence-electron chi connectivity index (χ0n) is 22.0. The van der Waals surface area contributed by atoms with Crippen LogP contribution in [0.25, 0.3) is 16.9 Å². The van der Waals surface area contributed by atoms with Crippen LogP contribution in [0.3, 0.4) is 0 Å². The Morgan fingerprint density at radius 1 is 1.15 bits per heavy atom. The molecule has 3 N–H and O–H groups in total. The standard InChI is InChI=1S/C27H27FN5O7P/c1-17-8-9-20(12-21(17)28)24-22(39-18(2)40-24)14-38-41(35,37-13-19-6-4-3-5-7-19)16-36-11-10-33-15-30-23-25(33)31-27(29)32-26(23)34/h3-9,12,15H,2,10-11,13-14,16H2,1H3,(H3,29,31,32,34). The number of nitrogen functional groups attached to an aromatic ring is 1. The number of hydrogen-bond donors (Lipinski definition) is 2. The summed E-state index contributed by atoms with van der Waals surface area (Å²) < 4.78 is 57.8. The number of imidazole rings is 1. The van der Waals surface area contributed by atoms with Crippen LogP contribution in [-0.4, -0.2) is 39.1 Å². The number of aromatic nitrogens is 4. The molecule has 0 saturated carbocycles. The topological polar surface area (TPSA) is 153 Å². The molecule has 0 fully saturated rings. The molecule has 12 nitrogen and oxygen atoms in total. The van der Waals surface area contributed by atoms with E-state index in [4.69, 9.17) is 29.0 Å². The Labute approximate surface area is 233 Å². The van der Waals surface area contributed by atoms with Crippen molar-refractivity contribution in [2.75, 3.05) is 25.3 Å². The number of anilines is 1. The van der Waals surface area contributed by atoms with Gasteiger partial charge in [-0.25, -0.2) is 9.37 Å². The highest BCUT2D eigenvalue weighted by Gasteiger charge is 2.30. The molecule has 2 aromatic heterocycles. The predicted octanol–water partition coefficient (Wildman–Crippen LogP) is 4.44. The predicted molar refractivity (Wildman–Crippen MR) is 148 cm³/mol. The highest BCUT2D eigenvalue weighted by molar-refractivity contribution is 7.53. The van der Waals surface area contributed by atoms with Gasteiger partial charge in [0, 0.05) is 12.1 Å². The zero-order valence-corrected chi connectivity index (χ0v) is 22.9. The van der Waals surface area contributed by atoms with E-state index < -0.39 is 25.3 Å². The number of H-pyrrole nitrogens is 1. The average molecular weight is 584 g/mol. The Hall–Kier alpha value is -4.29. The number of halogens is 1. The summed E-state index contributed by atoms with van der Waals surface area (Å²) in [5, 5.41) is 0.